The number of phenolic OH excluding ortho intramolecular Hbond substituents is 1. The van der Waals surface area contributed by atoms with Crippen molar-refractivity contribution in [1.29, 1.82) is 0 Å². The summed E-state index contributed by atoms with van der Waals surface area (Å²) in [4.78, 5) is 0. The Hall–Kier alpha value is -0.690. The molecule has 0 fully saturated rings. The zero-order chi connectivity index (χ0) is 12.1. The minimum atomic E-state index is -0.862. The van der Waals surface area contributed by atoms with Gasteiger partial charge in [0.1, 0.15) is 0 Å². The van der Waals surface area contributed by atoms with Crippen LogP contribution in [0.2, 0.25) is 0 Å². The maximum Gasteiger partial charge on any atom is 0.166 e. The molecule has 0 aliphatic carbocycles. The van der Waals surface area contributed by atoms with Crippen LogP contribution in [0, 0.1) is 5.82 Å². The Bertz CT molecular complexity index is 362. The van der Waals surface area contributed by atoms with Crippen LogP contribution >= 0.6 is 15.9 Å². The van der Waals surface area contributed by atoms with Gasteiger partial charge in [-0.05, 0) is 12.1 Å². The maximum atomic E-state index is 13.1. The summed E-state index contributed by atoms with van der Waals surface area (Å²) in [5.74, 6) is -1.11. The molecule has 0 saturated heterocycles. The van der Waals surface area contributed by atoms with Gasteiger partial charge in [-0.3, -0.25) is 0 Å². The molecule has 1 rings (SSSR count). The number of rotatable bonds is 5. The average Bonchev–Trinajstić information content (AvgIpc) is 2.24. The number of aliphatic hydroxyl groups is 2. The molecule has 1 aromatic carbocycles. The highest BCUT2D eigenvalue weighted by Gasteiger charge is 2.09. The Morgan fingerprint density at radius 3 is 2.75 bits per heavy atom. The highest BCUT2D eigenvalue weighted by atomic mass is 79.9. The van der Waals surface area contributed by atoms with Crippen molar-refractivity contribution in [3.63, 3.8) is 0 Å². The third kappa shape index (κ3) is 3.71. The van der Waals surface area contributed by atoms with Crippen molar-refractivity contribution in [2.45, 2.75) is 12.6 Å². The molecule has 1 aromatic rings. The highest BCUT2D eigenvalue weighted by Crippen LogP contribution is 2.25. The molecule has 0 radical (unpaired) electrons. The summed E-state index contributed by atoms with van der Waals surface area (Å²) < 4.78 is 13.6. The van der Waals surface area contributed by atoms with E-state index in [0.717, 1.165) is 0 Å². The van der Waals surface area contributed by atoms with Crippen LogP contribution in [-0.2, 0) is 6.54 Å². The topological polar surface area (TPSA) is 72.7 Å². The van der Waals surface area contributed by atoms with Gasteiger partial charge in [0.15, 0.2) is 11.6 Å². The van der Waals surface area contributed by atoms with Crippen molar-refractivity contribution in [3.8, 4) is 5.75 Å². The van der Waals surface area contributed by atoms with Crippen LogP contribution in [-0.4, -0.2) is 34.6 Å². The van der Waals surface area contributed by atoms with Gasteiger partial charge in [0.05, 0.1) is 12.7 Å². The summed E-state index contributed by atoms with van der Waals surface area (Å²) in [7, 11) is 0. The van der Waals surface area contributed by atoms with Crippen LogP contribution in [0.5, 0.6) is 5.75 Å². The lowest BCUT2D eigenvalue weighted by Crippen LogP contribution is -2.29. The highest BCUT2D eigenvalue weighted by molar-refractivity contribution is 9.10. The summed E-state index contributed by atoms with van der Waals surface area (Å²) in [5, 5.41) is 29.8. The molecule has 0 amide bonds. The molecule has 1 atom stereocenters. The molecule has 0 aromatic heterocycles. The van der Waals surface area contributed by atoms with E-state index in [4.69, 9.17) is 10.2 Å². The molecule has 4 nitrogen and oxygen atoms in total. The lowest BCUT2D eigenvalue weighted by molar-refractivity contribution is 0.0941. The van der Waals surface area contributed by atoms with E-state index >= 15 is 0 Å². The monoisotopic (exact) mass is 293 g/mol. The van der Waals surface area contributed by atoms with E-state index in [1.54, 1.807) is 6.07 Å². The number of hydrogen-bond acceptors (Lipinski definition) is 4. The molecule has 16 heavy (non-hydrogen) atoms. The van der Waals surface area contributed by atoms with Crippen LogP contribution in [0.4, 0.5) is 4.39 Å². The Kier molecular flexibility index (Phi) is 5.14. The van der Waals surface area contributed by atoms with Gasteiger partial charge in [-0.2, -0.15) is 0 Å². The fourth-order valence-corrected chi connectivity index (χ4v) is 1.67. The largest absolute Gasteiger partial charge is 0.505 e. The number of nitrogens with one attached hydrogen (secondary N) is 1. The summed E-state index contributed by atoms with van der Waals surface area (Å²) in [6.45, 7) is 0.0369. The standard InChI is InChI=1S/C10H13BrFNO3/c11-7-1-6(10(16)9(12)2-7)3-13-4-8(15)5-14/h1-2,8,13-16H,3-5H2/t8-/m1/s1. The molecule has 0 aliphatic rings. The number of benzene rings is 1. The van der Waals surface area contributed by atoms with E-state index < -0.39 is 17.7 Å². The van der Waals surface area contributed by atoms with Gasteiger partial charge in [0, 0.05) is 23.1 Å². The normalized spacial score (nSPS) is 12.8. The van der Waals surface area contributed by atoms with Gasteiger partial charge in [0.25, 0.3) is 0 Å². The van der Waals surface area contributed by atoms with Crippen molar-refractivity contribution in [1.82, 2.24) is 5.32 Å². The van der Waals surface area contributed by atoms with E-state index in [9.17, 15) is 9.50 Å². The van der Waals surface area contributed by atoms with E-state index in [1.165, 1.54) is 6.07 Å². The molecule has 0 unspecified atom stereocenters. The minimum absolute atomic E-state index is 0.171. The first-order valence-corrected chi connectivity index (χ1v) is 5.50. The molecule has 90 valence electrons. The van der Waals surface area contributed by atoms with Crippen LogP contribution in [0.15, 0.2) is 16.6 Å². The van der Waals surface area contributed by atoms with E-state index in [0.29, 0.717) is 10.0 Å². The average molecular weight is 294 g/mol. The SMILES string of the molecule is OC[C@H](O)CNCc1cc(Br)cc(F)c1O. The van der Waals surface area contributed by atoms with Gasteiger partial charge in [-0.25, -0.2) is 4.39 Å². The van der Waals surface area contributed by atoms with Gasteiger partial charge < -0.3 is 20.6 Å². The molecular weight excluding hydrogens is 281 g/mol. The second-order valence-corrected chi connectivity index (χ2v) is 4.28. The number of phenols is 1. The fraction of sp³-hybridized carbons (Fsp3) is 0.400. The lowest BCUT2D eigenvalue weighted by atomic mass is 10.2. The van der Waals surface area contributed by atoms with Gasteiger partial charge >= 0.3 is 0 Å². The Balaban J connectivity index is 2.60. The van der Waals surface area contributed by atoms with Crippen molar-refractivity contribution in [3.05, 3.63) is 28.0 Å². The third-order valence-corrected chi connectivity index (χ3v) is 2.47. The number of halogens is 2. The minimum Gasteiger partial charge on any atom is -0.505 e. The molecular formula is C10H13BrFNO3. The first kappa shape index (κ1) is 13.4. The maximum absolute atomic E-state index is 13.1. The summed E-state index contributed by atoms with van der Waals surface area (Å²) in [5.41, 5.74) is 0.386. The molecule has 0 spiro atoms. The second-order valence-electron chi connectivity index (χ2n) is 3.36. The summed E-state index contributed by atoms with van der Waals surface area (Å²) >= 11 is 3.11. The van der Waals surface area contributed by atoms with Crippen molar-refractivity contribution < 1.29 is 19.7 Å². The molecule has 0 aliphatic heterocycles. The quantitative estimate of drug-likeness (QED) is 0.646. The Labute approximate surface area is 101 Å². The van der Waals surface area contributed by atoms with Gasteiger partial charge in [-0.1, -0.05) is 15.9 Å². The second kappa shape index (κ2) is 6.15. The number of aromatic hydroxyl groups is 1. The smallest absolute Gasteiger partial charge is 0.166 e. The molecule has 4 N–H and O–H groups in total. The number of aliphatic hydroxyl groups excluding tert-OH is 2. The predicted molar refractivity (Wildman–Crippen MR) is 60.6 cm³/mol. The van der Waals surface area contributed by atoms with Crippen molar-refractivity contribution in [2.75, 3.05) is 13.2 Å². The van der Waals surface area contributed by atoms with Crippen molar-refractivity contribution in [2.24, 2.45) is 0 Å². The first-order valence-electron chi connectivity index (χ1n) is 4.71. The molecule has 6 heteroatoms. The van der Waals surface area contributed by atoms with Gasteiger partial charge in [0.2, 0.25) is 0 Å². The third-order valence-electron chi connectivity index (χ3n) is 2.01. The first-order chi connectivity index (χ1) is 7.54. The van der Waals surface area contributed by atoms with E-state index in [2.05, 4.69) is 21.2 Å². The fourth-order valence-electron chi connectivity index (χ4n) is 1.19. The summed E-state index contributed by atoms with van der Waals surface area (Å²) in [6.07, 6.45) is -0.862. The summed E-state index contributed by atoms with van der Waals surface area (Å²) in [6, 6.07) is 2.75. The molecule has 0 bridgehead atoms. The van der Waals surface area contributed by atoms with Crippen molar-refractivity contribution >= 4 is 15.9 Å². The van der Waals surface area contributed by atoms with E-state index in [1.807, 2.05) is 0 Å². The zero-order valence-electron chi connectivity index (χ0n) is 8.45. The van der Waals surface area contributed by atoms with Crippen LogP contribution in [0.3, 0.4) is 0 Å². The predicted octanol–water partition coefficient (Wildman–Crippen LogP) is 0.737. The van der Waals surface area contributed by atoms with Crippen LogP contribution in [0.25, 0.3) is 0 Å². The zero-order valence-corrected chi connectivity index (χ0v) is 10.0. The lowest BCUT2D eigenvalue weighted by Gasteiger charge is -2.10. The van der Waals surface area contributed by atoms with Gasteiger partial charge in [-0.15, -0.1) is 0 Å². The Morgan fingerprint density at radius 2 is 2.12 bits per heavy atom. The Morgan fingerprint density at radius 1 is 1.44 bits per heavy atom. The van der Waals surface area contributed by atoms with Crippen LogP contribution in [0.1, 0.15) is 5.56 Å². The number of hydrogen-bond donors (Lipinski definition) is 4. The van der Waals surface area contributed by atoms with E-state index in [-0.39, 0.29) is 19.7 Å². The molecule has 0 heterocycles. The molecule has 0 saturated carbocycles. The van der Waals surface area contributed by atoms with Crippen LogP contribution < -0.4 is 5.32 Å².